The SMILES string of the molecule is C[C@@H](CC(=O)OCc1ccc(-n2cccn2)cc1)c1ccncc1. The summed E-state index contributed by atoms with van der Waals surface area (Å²) in [4.78, 5) is 16.0. The topological polar surface area (TPSA) is 57.0 Å². The Labute approximate surface area is 140 Å². The van der Waals surface area contributed by atoms with Crippen molar-refractivity contribution >= 4 is 5.97 Å². The molecule has 5 heteroatoms. The zero-order valence-electron chi connectivity index (χ0n) is 13.5. The van der Waals surface area contributed by atoms with E-state index in [4.69, 9.17) is 4.74 Å². The lowest BCUT2D eigenvalue weighted by atomic mass is 9.99. The number of aromatic nitrogens is 3. The van der Waals surface area contributed by atoms with Crippen molar-refractivity contribution in [3.8, 4) is 5.69 Å². The van der Waals surface area contributed by atoms with Gasteiger partial charge in [-0.3, -0.25) is 9.78 Å². The van der Waals surface area contributed by atoms with E-state index in [1.54, 1.807) is 23.3 Å². The number of ether oxygens (including phenoxy) is 1. The lowest BCUT2D eigenvalue weighted by Gasteiger charge is -2.11. The van der Waals surface area contributed by atoms with Crippen LogP contribution in [-0.2, 0) is 16.1 Å². The number of esters is 1. The van der Waals surface area contributed by atoms with Gasteiger partial charge in [0, 0.05) is 24.8 Å². The van der Waals surface area contributed by atoms with E-state index in [0.717, 1.165) is 16.8 Å². The van der Waals surface area contributed by atoms with E-state index in [9.17, 15) is 4.79 Å². The second-order valence-corrected chi connectivity index (χ2v) is 5.66. The molecule has 0 aliphatic carbocycles. The fraction of sp³-hybridized carbons (Fsp3) is 0.211. The Kier molecular flexibility index (Phi) is 5.01. The fourth-order valence-electron chi connectivity index (χ4n) is 2.45. The number of nitrogens with zero attached hydrogens (tertiary/aromatic N) is 3. The first-order valence-corrected chi connectivity index (χ1v) is 7.87. The van der Waals surface area contributed by atoms with Crippen LogP contribution in [0.3, 0.4) is 0 Å². The molecule has 0 N–H and O–H groups in total. The van der Waals surface area contributed by atoms with E-state index in [0.29, 0.717) is 6.42 Å². The predicted molar refractivity (Wildman–Crippen MR) is 90.6 cm³/mol. The van der Waals surface area contributed by atoms with Crippen LogP contribution in [0.5, 0.6) is 0 Å². The van der Waals surface area contributed by atoms with Gasteiger partial charge in [-0.1, -0.05) is 19.1 Å². The van der Waals surface area contributed by atoms with Crippen molar-refractivity contribution in [2.45, 2.75) is 25.9 Å². The third-order valence-electron chi connectivity index (χ3n) is 3.85. The molecule has 3 rings (SSSR count). The number of benzene rings is 1. The molecule has 0 bridgehead atoms. The zero-order chi connectivity index (χ0) is 16.8. The van der Waals surface area contributed by atoms with Crippen molar-refractivity contribution in [3.05, 3.63) is 78.4 Å². The molecule has 122 valence electrons. The van der Waals surface area contributed by atoms with E-state index in [1.807, 2.05) is 55.6 Å². The Bertz CT molecular complexity index is 768. The molecule has 0 fully saturated rings. The third kappa shape index (κ3) is 4.07. The van der Waals surface area contributed by atoms with Gasteiger partial charge in [0.05, 0.1) is 12.1 Å². The number of rotatable bonds is 6. The minimum absolute atomic E-state index is 0.114. The molecule has 0 aliphatic rings. The van der Waals surface area contributed by atoms with Crippen LogP contribution in [0.4, 0.5) is 0 Å². The van der Waals surface area contributed by atoms with Gasteiger partial charge in [0.1, 0.15) is 6.61 Å². The summed E-state index contributed by atoms with van der Waals surface area (Å²) in [5.74, 6) is -0.0850. The lowest BCUT2D eigenvalue weighted by molar-refractivity contribution is -0.145. The fourth-order valence-corrected chi connectivity index (χ4v) is 2.45. The molecule has 0 saturated heterocycles. The number of carbonyl (C=O) groups is 1. The van der Waals surface area contributed by atoms with Crippen LogP contribution in [0, 0.1) is 0 Å². The highest BCUT2D eigenvalue weighted by Crippen LogP contribution is 2.19. The summed E-state index contributed by atoms with van der Waals surface area (Å²) in [5, 5.41) is 4.18. The molecular formula is C19H19N3O2. The number of hydrogen-bond acceptors (Lipinski definition) is 4. The van der Waals surface area contributed by atoms with Crippen LogP contribution >= 0.6 is 0 Å². The van der Waals surface area contributed by atoms with Crippen LogP contribution < -0.4 is 0 Å². The van der Waals surface area contributed by atoms with E-state index >= 15 is 0 Å². The average molecular weight is 321 g/mol. The number of hydrogen-bond donors (Lipinski definition) is 0. The highest BCUT2D eigenvalue weighted by Gasteiger charge is 2.12. The molecule has 0 unspecified atom stereocenters. The summed E-state index contributed by atoms with van der Waals surface area (Å²) in [6.07, 6.45) is 7.45. The minimum atomic E-state index is -0.199. The molecule has 24 heavy (non-hydrogen) atoms. The Morgan fingerprint density at radius 1 is 1.12 bits per heavy atom. The molecule has 0 spiro atoms. The van der Waals surface area contributed by atoms with E-state index in [2.05, 4.69) is 10.1 Å². The van der Waals surface area contributed by atoms with Crippen molar-refractivity contribution in [2.75, 3.05) is 0 Å². The summed E-state index contributed by atoms with van der Waals surface area (Å²) >= 11 is 0. The van der Waals surface area contributed by atoms with Crippen molar-refractivity contribution < 1.29 is 9.53 Å². The number of carbonyl (C=O) groups excluding carboxylic acids is 1. The van der Waals surface area contributed by atoms with Gasteiger partial charge in [-0.25, -0.2) is 4.68 Å². The highest BCUT2D eigenvalue weighted by atomic mass is 16.5. The average Bonchev–Trinajstić information content (AvgIpc) is 3.16. The van der Waals surface area contributed by atoms with Crippen LogP contribution in [0.1, 0.15) is 30.4 Å². The van der Waals surface area contributed by atoms with Crippen molar-refractivity contribution in [2.24, 2.45) is 0 Å². The standard InChI is InChI=1S/C19H19N3O2/c1-15(17-7-10-20-11-8-17)13-19(23)24-14-16-3-5-18(6-4-16)22-12-2-9-21-22/h2-12,15H,13-14H2,1H3/t15-/m0/s1. The van der Waals surface area contributed by atoms with Crippen molar-refractivity contribution in [1.82, 2.24) is 14.8 Å². The highest BCUT2D eigenvalue weighted by molar-refractivity contribution is 5.70. The molecule has 5 nitrogen and oxygen atoms in total. The molecule has 0 amide bonds. The van der Waals surface area contributed by atoms with Gasteiger partial charge in [-0.05, 0) is 47.4 Å². The maximum absolute atomic E-state index is 12.0. The molecule has 3 aromatic rings. The van der Waals surface area contributed by atoms with Crippen LogP contribution in [-0.4, -0.2) is 20.7 Å². The van der Waals surface area contributed by atoms with Gasteiger partial charge >= 0.3 is 5.97 Å². The van der Waals surface area contributed by atoms with Gasteiger partial charge in [0.25, 0.3) is 0 Å². The summed E-state index contributed by atoms with van der Waals surface area (Å²) in [5.41, 5.74) is 3.02. The molecule has 0 saturated carbocycles. The van der Waals surface area contributed by atoms with Gasteiger partial charge in [-0.15, -0.1) is 0 Å². The maximum Gasteiger partial charge on any atom is 0.306 e. The number of pyridine rings is 1. The Hall–Kier alpha value is -2.95. The predicted octanol–water partition coefficient (Wildman–Crippen LogP) is 3.50. The molecule has 0 aliphatic heterocycles. The Morgan fingerprint density at radius 2 is 1.88 bits per heavy atom. The van der Waals surface area contributed by atoms with Crippen LogP contribution in [0.25, 0.3) is 5.69 Å². The van der Waals surface area contributed by atoms with E-state index < -0.39 is 0 Å². The molecular weight excluding hydrogens is 302 g/mol. The summed E-state index contributed by atoms with van der Waals surface area (Å²) in [6, 6.07) is 13.5. The van der Waals surface area contributed by atoms with E-state index in [-0.39, 0.29) is 18.5 Å². The van der Waals surface area contributed by atoms with E-state index in [1.165, 1.54) is 0 Å². The van der Waals surface area contributed by atoms with Gasteiger partial charge in [-0.2, -0.15) is 5.10 Å². The first-order chi connectivity index (χ1) is 11.7. The molecule has 2 heterocycles. The summed E-state index contributed by atoms with van der Waals surface area (Å²) < 4.78 is 7.16. The largest absolute Gasteiger partial charge is 0.461 e. The van der Waals surface area contributed by atoms with Crippen LogP contribution in [0.15, 0.2) is 67.3 Å². The molecule has 0 radical (unpaired) electrons. The summed E-state index contributed by atoms with van der Waals surface area (Å²) in [7, 11) is 0. The molecule has 1 atom stereocenters. The first kappa shape index (κ1) is 15.9. The van der Waals surface area contributed by atoms with Gasteiger partial charge in [0.15, 0.2) is 0 Å². The van der Waals surface area contributed by atoms with Gasteiger partial charge < -0.3 is 4.74 Å². The smallest absolute Gasteiger partial charge is 0.306 e. The maximum atomic E-state index is 12.0. The minimum Gasteiger partial charge on any atom is -0.461 e. The monoisotopic (exact) mass is 321 g/mol. The lowest BCUT2D eigenvalue weighted by Crippen LogP contribution is -2.09. The van der Waals surface area contributed by atoms with Crippen molar-refractivity contribution in [1.29, 1.82) is 0 Å². The van der Waals surface area contributed by atoms with Crippen molar-refractivity contribution in [3.63, 3.8) is 0 Å². The molecule has 1 aromatic carbocycles. The van der Waals surface area contributed by atoms with Gasteiger partial charge in [0.2, 0.25) is 0 Å². The first-order valence-electron chi connectivity index (χ1n) is 7.87. The second-order valence-electron chi connectivity index (χ2n) is 5.66. The quantitative estimate of drug-likeness (QED) is 0.652. The zero-order valence-corrected chi connectivity index (χ0v) is 13.5. The van der Waals surface area contributed by atoms with Crippen LogP contribution in [0.2, 0.25) is 0 Å². The second kappa shape index (κ2) is 7.55. The summed E-state index contributed by atoms with van der Waals surface area (Å²) in [6.45, 7) is 2.29. The molecule has 2 aromatic heterocycles. The third-order valence-corrected chi connectivity index (χ3v) is 3.85. The Morgan fingerprint density at radius 3 is 2.54 bits per heavy atom. The Balaban J connectivity index is 1.51. The normalized spacial score (nSPS) is 11.9.